The van der Waals surface area contributed by atoms with E-state index < -0.39 is 10.0 Å². The highest BCUT2D eigenvalue weighted by atomic mass is 32.2. The van der Waals surface area contributed by atoms with E-state index in [1.165, 1.54) is 4.31 Å². The van der Waals surface area contributed by atoms with Crippen LogP contribution >= 0.6 is 0 Å². The molecule has 0 bridgehead atoms. The summed E-state index contributed by atoms with van der Waals surface area (Å²) in [5.41, 5.74) is 3.18. The summed E-state index contributed by atoms with van der Waals surface area (Å²) in [4.78, 5) is 18.3. The Balaban J connectivity index is 1.82. The molecule has 0 unspecified atom stereocenters. The van der Waals surface area contributed by atoms with Crippen molar-refractivity contribution in [1.29, 1.82) is 0 Å². The summed E-state index contributed by atoms with van der Waals surface area (Å²) in [6, 6.07) is 7.41. The minimum Gasteiger partial charge on any atom is -0.361 e. The number of aromatic amines is 1. The monoisotopic (exact) mass is 401 g/mol. The third-order valence-corrected chi connectivity index (χ3v) is 7.94. The first-order valence-electron chi connectivity index (χ1n) is 9.93. The number of aryl methyl sites for hydroxylation is 2. The molecule has 2 aliphatic rings. The number of fused-ring (bicyclic) bond motifs is 1. The lowest BCUT2D eigenvalue weighted by Crippen LogP contribution is -2.39. The number of sulfonamides is 1. The van der Waals surface area contributed by atoms with Crippen LogP contribution in [0.4, 0.5) is 5.69 Å². The summed E-state index contributed by atoms with van der Waals surface area (Å²) in [7, 11) is -3.87. The summed E-state index contributed by atoms with van der Waals surface area (Å²) in [5, 5.41) is 0. The van der Waals surface area contributed by atoms with Gasteiger partial charge in [0.25, 0.3) is 15.9 Å². The Morgan fingerprint density at radius 3 is 2.46 bits per heavy atom. The Morgan fingerprint density at radius 1 is 1.07 bits per heavy atom. The third kappa shape index (κ3) is 2.92. The first-order chi connectivity index (χ1) is 13.3. The largest absolute Gasteiger partial charge is 0.361 e. The standard InChI is InChI=1S/C21H27N3O3S/c1-14-13-17-9-5-6-10-18(17)24(14)28(26,27)20-16(3)22-15(2)19(20)21(25)23-11-7-4-8-12-23/h5-6,9-10,14,22H,4,7-8,11-13H2,1-3H3/t14-/m0/s1. The fraction of sp³-hybridized carbons (Fsp3) is 0.476. The van der Waals surface area contributed by atoms with E-state index in [0.717, 1.165) is 24.8 Å². The van der Waals surface area contributed by atoms with Crippen LogP contribution in [0.1, 0.15) is 53.5 Å². The Morgan fingerprint density at radius 2 is 1.75 bits per heavy atom. The van der Waals surface area contributed by atoms with Crippen molar-refractivity contribution < 1.29 is 13.2 Å². The van der Waals surface area contributed by atoms with Crippen molar-refractivity contribution in [2.75, 3.05) is 17.4 Å². The number of amides is 1. The summed E-state index contributed by atoms with van der Waals surface area (Å²) in [6.07, 6.45) is 3.72. The second kappa shape index (κ2) is 6.95. The van der Waals surface area contributed by atoms with Gasteiger partial charge in [0.2, 0.25) is 0 Å². The number of hydrogen-bond donors (Lipinski definition) is 1. The van der Waals surface area contributed by atoms with Gasteiger partial charge in [-0.15, -0.1) is 0 Å². The van der Waals surface area contributed by atoms with E-state index in [1.807, 2.05) is 31.2 Å². The molecule has 2 aliphatic heterocycles. The topological polar surface area (TPSA) is 73.5 Å². The van der Waals surface area contributed by atoms with Crippen LogP contribution < -0.4 is 4.31 Å². The molecule has 0 saturated carbocycles. The van der Waals surface area contributed by atoms with Crippen LogP contribution in [0.25, 0.3) is 0 Å². The number of likely N-dealkylation sites (tertiary alicyclic amines) is 1. The van der Waals surface area contributed by atoms with Crippen molar-refractivity contribution in [2.45, 2.75) is 57.4 Å². The van der Waals surface area contributed by atoms with Crippen molar-refractivity contribution in [3.8, 4) is 0 Å². The molecule has 3 heterocycles. The second-order valence-electron chi connectivity index (χ2n) is 7.91. The number of hydrogen-bond acceptors (Lipinski definition) is 3. The number of para-hydroxylation sites is 1. The van der Waals surface area contributed by atoms with E-state index in [1.54, 1.807) is 18.7 Å². The predicted molar refractivity (Wildman–Crippen MR) is 109 cm³/mol. The van der Waals surface area contributed by atoms with Gasteiger partial charge in [-0.1, -0.05) is 18.2 Å². The van der Waals surface area contributed by atoms with E-state index in [9.17, 15) is 13.2 Å². The van der Waals surface area contributed by atoms with Crippen LogP contribution in [0.15, 0.2) is 29.2 Å². The Bertz CT molecular complexity index is 1020. The molecular weight excluding hydrogens is 374 g/mol. The van der Waals surface area contributed by atoms with Gasteiger partial charge in [-0.3, -0.25) is 9.10 Å². The Labute approximate surface area is 166 Å². The first-order valence-corrected chi connectivity index (χ1v) is 11.4. The highest BCUT2D eigenvalue weighted by Gasteiger charge is 2.40. The molecule has 0 spiro atoms. The number of benzene rings is 1. The van der Waals surface area contributed by atoms with Gasteiger partial charge in [0.15, 0.2) is 0 Å². The molecule has 4 rings (SSSR count). The Hall–Kier alpha value is -2.28. The maximum absolute atomic E-state index is 13.8. The molecule has 1 aromatic heterocycles. The van der Waals surface area contributed by atoms with E-state index in [2.05, 4.69) is 4.98 Å². The first kappa shape index (κ1) is 19.1. The van der Waals surface area contributed by atoms with Gasteiger partial charge >= 0.3 is 0 Å². The molecule has 2 aromatic rings. The molecule has 1 saturated heterocycles. The highest BCUT2D eigenvalue weighted by Crippen LogP contribution is 2.39. The van der Waals surface area contributed by atoms with Gasteiger partial charge in [-0.2, -0.15) is 0 Å². The zero-order valence-electron chi connectivity index (χ0n) is 16.7. The van der Waals surface area contributed by atoms with E-state index >= 15 is 0 Å². The van der Waals surface area contributed by atoms with Crippen LogP contribution in [0, 0.1) is 13.8 Å². The van der Waals surface area contributed by atoms with E-state index in [4.69, 9.17) is 0 Å². The van der Waals surface area contributed by atoms with Gasteiger partial charge in [-0.05, 0) is 58.1 Å². The van der Waals surface area contributed by atoms with Crippen LogP contribution in [-0.4, -0.2) is 43.3 Å². The summed E-state index contributed by atoms with van der Waals surface area (Å²) in [5.74, 6) is -0.180. The van der Waals surface area contributed by atoms with Gasteiger partial charge in [0.05, 0.1) is 11.3 Å². The zero-order valence-corrected chi connectivity index (χ0v) is 17.5. The Kier molecular flexibility index (Phi) is 4.73. The molecular formula is C21H27N3O3S. The van der Waals surface area contributed by atoms with Crippen LogP contribution in [-0.2, 0) is 16.4 Å². The SMILES string of the molecule is Cc1[nH]c(C)c(S(=O)(=O)N2c3ccccc3C[C@@H]2C)c1C(=O)N1CCCCC1. The zero-order chi connectivity index (χ0) is 20.1. The molecule has 0 radical (unpaired) electrons. The lowest BCUT2D eigenvalue weighted by Gasteiger charge is -2.28. The van der Waals surface area contributed by atoms with Crippen molar-refractivity contribution in [1.82, 2.24) is 9.88 Å². The normalized spacial score (nSPS) is 19.8. The van der Waals surface area contributed by atoms with Gasteiger partial charge in [0, 0.05) is 30.5 Å². The van der Waals surface area contributed by atoms with Crippen molar-refractivity contribution in [3.05, 3.63) is 46.8 Å². The van der Waals surface area contributed by atoms with Crippen LogP contribution in [0.5, 0.6) is 0 Å². The predicted octanol–water partition coefficient (Wildman–Crippen LogP) is 3.40. The number of H-pyrrole nitrogens is 1. The summed E-state index contributed by atoms with van der Waals surface area (Å²) < 4.78 is 29.1. The molecule has 1 fully saturated rings. The average molecular weight is 402 g/mol. The van der Waals surface area contributed by atoms with Crippen molar-refractivity contribution in [3.63, 3.8) is 0 Å². The fourth-order valence-corrected chi connectivity index (χ4v) is 6.71. The number of carbonyl (C=O) groups is 1. The van der Waals surface area contributed by atoms with Gasteiger partial charge in [-0.25, -0.2) is 8.42 Å². The molecule has 1 N–H and O–H groups in total. The lowest BCUT2D eigenvalue weighted by atomic mass is 10.1. The molecule has 1 atom stereocenters. The van der Waals surface area contributed by atoms with Crippen LogP contribution in [0.3, 0.4) is 0 Å². The van der Waals surface area contributed by atoms with E-state index in [-0.39, 0.29) is 16.8 Å². The van der Waals surface area contributed by atoms with E-state index in [0.29, 0.717) is 42.1 Å². The van der Waals surface area contributed by atoms with Crippen LogP contribution in [0.2, 0.25) is 0 Å². The summed E-state index contributed by atoms with van der Waals surface area (Å²) >= 11 is 0. The summed E-state index contributed by atoms with van der Waals surface area (Å²) in [6.45, 7) is 6.80. The van der Waals surface area contributed by atoms with Crippen molar-refractivity contribution >= 4 is 21.6 Å². The van der Waals surface area contributed by atoms with Gasteiger partial charge in [0.1, 0.15) is 4.90 Å². The minimum absolute atomic E-state index is 0.129. The number of carbonyl (C=O) groups excluding carboxylic acids is 1. The molecule has 28 heavy (non-hydrogen) atoms. The second-order valence-corrected chi connectivity index (χ2v) is 9.67. The maximum Gasteiger partial charge on any atom is 0.267 e. The maximum atomic E-state index is 13.8. The average Bonchev–Trinajstić information content (AvgIpc) is 3.17. The van der Waals surface area contributed by atoms with Gasteiger partial charge < -0.3 is 9.88 Å². The lowest BCUT2D eigenvalue weighted by molar-refractivity contribution is 0.0720. The number of nitrogens with zero attached hydrogens (tertiary/aromatic N) is 2. The molecule has 0 aliphatic carbocycles. The fourth-order valence-electron chi connectivity index (χ4n) is 4.60. The third-order valence-electron chi connectivity index (χ3n) is 5.84. The minimum atomic E-state index is -3.87. The highest BCUT2D eigenvalue weighted by molar-refractivity contribution is 7.93. The number of anilines is 1. The molecule has 7 heteroatoms. The van der Waals surface area contributed by atoms with Crippen molar-refractivity contribution in [2.24, 2.45) is 0 Å². The molecule has 1 aromatic carbocycles. The molecule has 6 nitrogen and oxygen atoms in total. The molecule has 1 amide bonds. The quantitative estimate of drug-likeness (QED) is 0.857. The number of nitrogens with one attached hydrogen (secondary N) is 1. The molecule has 150 valence electrons. The number of piperidine rings is 1. The number of rotatable bonds is 3. The number of aromatic nitrogens is 1. The smallest absolute Gasteiger partial charge is 0.267 e.